The fourth-order valence-corrected chi connectivity index (χ4v) is 1.48. The number of nitro benzene ring substituents is 1. The Morgan fingerprint density at radius 3 is 2.79 bits per heavy atom. The first kappa shape index (κ1) is 13.0. The highest BCUT2D eigenvalue weighted by atomic mass is 35.5. The summed E-state index contributed by atoms with van der Waals surface area (Å²) in [5, 5.41) is 11.1. The number of hydrogen-bond donors (Lipinski definition) is 0. The molecule has 0 unspecified atom stereocenters. The molecule has 1 aromatic heterocycles. The van der Waals surface area contributed by atoms with Gasteiger partial charge >= 0.3 is 5.69 Å². The van der Waals surface area contributed by atoms with E-state index in [9.17, 15) is 10.1 Å². The van der Waals surface area contributed by atoms with Crippen LogP contribution < -0.4 is 9.47 Å². The van der Waals surface area contributed by atoms with E-state index in [-0.39, 0.29) is 22.5 Å². The van der Waals surface area contributed by atoms with Gasteiger partial charge in [0.1, 0.15) is 5.75 Å². The Morgan fingerprint density at radius 1 is 1.37 bits per heavy atom. The summed E-state index contributed by atoms with van der Waals surface area (Å²) in [6.07, 6.45) is 2.64. The van der Waals surface area contributed by atoms with Crippen LogP contribution in [0.2, 0.25) is 5.15 Å². The van der Waals surface area contributed by atoms with Gasteiger partial charge in [-0.2, -0.15) is 4.98 Å². The van der Waals surface area contributed by atoms with Gasteiger partial charge in [0.25, 0.3) is 0 Å². The van der Waals surface area contributed by atoms with Crippen molar-refractivity contribution in [2.45, 2.75) is 0 Å². The van der Waals surface area contributed by atoms with E-state index in [0.29, 0.717) is 5.75 Å². The van der Waals surface area contributed by atoms with Gasteiger partial charge in [-0.1, -0.05) is 11.6 Å². The summed E-state index contributed by atoms with van der Waals surface area (Å²) in [7, 11) is 1.42. The number of nitrogens with zero attached hydrogens (tertiary/aromatic N) is 3. The summed E-state index contributed by atoms with van der Waals surface area (Å²) >= 11 is 5.65. The highest BCUT2D eigenvalue weighted by Crippen LogP contribution is 2.33. The topological polar surface area (TPSA) is 87.4 Å². The molecule has 0 radical (unpaired) electrons. The zero-order chi connectivity index (χ0) is 13.8. The molecule has 0 saturated heterocycles. The zero-order valence-corrected chi connectivity index (χ0v) is 10.5. The molecule has 0 spiro atoms. The maximum Gasteiger partial charge on any atom is 0.315 e. The molecule has 0 aliphatic heterocycles. The summed E-state index contributed by atoms with van der Waals surface area (Å²) in [4.78, 5) is 18.0. The third-order valence-electron chi connectivity index (χ3n) is 2.16. The first-order valence-corrected chi connectivity index (χ1v) is 5.46. The highest BCUT2D eigenvalue weighted by molar-refractivity contribution is 6.29. The van der Waals surface area contributed by atoms with Gasteiger partial charge in [0, 0.05) is 0 Å². The van der Waals surface area contributed by atoms with Gasteiger partial charge in [0.2, 0.25) is 11.6 Å². The minimum Gasteiger partial charge on any atom is -0.496 e. The lowest BCUT2D eigenvalue weighted by molar-refractivity contribution is -0.385. The molecule has 0 atom stereocenters. The van der Waals surface area contributed by atoms with Crippen LogP contribution in [0.25, 0.3) is 0 Å². The van der Waals surface area contributed by atoms with E-state index in [1.165, 1.54) is 31.6 Å². The van der Waals surface area contributed by atoms with Crippen molar-refractivity contribution in [3.8, 4) is 17.4 Å². The second-order valence-electron chi connectivity index (χ2n) is 3.37. The van der Waals surface area contributed by atoms with Crippen molar-refractivity contribution in [1.82, 2.24) is 9.97 Å². The van der Waals surface area contributed by atoms with E-state index in [1.54, 1.807) is 6.07 Å². The molecule has 0 N–H and O–H groups in total. The summed E-state index contributed by atoms with van der Waals surface area (Å²) in [5.41, 5.74) is -0.235. The lowest BCUT2D eigenvalue weighted by Crippen LogP contribution is -1.96. The number of halogens is 1. The van der Waals surface area contributed by atoms with E-state index in [4.69, 9.17) is 21.1 Å². The highest BCUT2D eigenvalue weighted by Gasteiger charge is 2.17. The van der Waals surface area contributed by atoms with Gasteiger partial charge in [-0.05, 0) is 12.1 Å². The minimum atomic E-state index is -0.574. The van der Waals surface area contributed by atoms with E-state index >= 15 is 0 Å². The number of benzene rings is 1. The molecule has 8 heteroatoms. The smallest absolute Gasteiger partial charge is 0.315 e. The molecule has 98 valence electrons. The van der Waals surface area contributed by atoms with Crippen molar-refractivity contribution < 1.29 is 14.4 Å². The third-order valence-corrected chi connectivity index (χ3v) is 2.34. The Morgan fingerprint density at radius 2 is 2.16 bits per heavy atom. The van der Waals surface area contributed by atoms with Crippen LogP contribution in [0, 0.1) is 10.1 Å². The summed E-state index contributed by atoms with van der Waals surface area (Å²) in [6, 6.07) is 4.22. The lowest BCUT2D eigenvalue weighted by atomic mass is 10.3. The molecule has 0 aliphatic rings. The van der Waals surface area contributed by atoms with Crippen LogP contribution in [0.4, 0.5) is 5.69 Å². The normalized spacial score (nSPS) is 10.0. The zero-order valence-electron chi connectivity index (χ0n) is 9.74. The number of rotatable bonds is 4. The van der Waals surface area contributed by atoms with Crippen molar-refractivity contribution >= 4 is 17.3 Å². The fraction of sp³-hybridized carbons (Fsp3) is 0.0909. The molecule has 0 amide bonds. The monoisotopic (exact) mass is 281 g/mol. The van der Waals surface area contributed by atoms with Crippen molar-refractivity contribution in [1.29, 1.82) is 0 Å². The van der Waals surface area contributed by atoms with E-state index in [1.807, 2.05) is 0 Å². The molecule has 1 heterocycles. The van der Waals surface area contributed by atoms with E-state index in [2.05, 4.69) is 9.97 Å². The number of hydrogen-bond acceptors (Lipinski definition) is 6. The van der Waals surface area contributed by atoms with E-state index < -0.39 is 4.92 Å². The summed E-state index contributed by atoms with van der Waals surface area (Å²) < 4.78 is 10.2. The van der Waals surface area contributed by atoms with Crippen LogP contribution in [-0.2, 0) is 0 Å². The van der Waals surface area contributed by atoms with Crippen LogP contribution in [0.1, 0.15) is 0 Å². The standard InChI is InChI=1S/C11H8ClN3O4/c1-18-7-2-3-9(8(4-7)15(16)17)19-11-6-13-5-10(12)14-11/h2-6H,1H3. The first-order chi connectivity index (χ1) is 9.10. The number of nitro groups is 1. The molecule has 7 nitrogen and oxygen atoms in total. The molecule has 2 aromatic rings. The Kier molecular flexibility index (Phi) is 3.76. The molecule has 19 heavy (non-hydrogen) atoms. The molecule has 0 aliphatic carbocycles. The van der Waals surface area contributed by atoms with Crippen LogP contribution >= 0.6 is 11.6 Å². The Labute approximate surface area is 112 Å². The first-order valence-electron chi connectivity index (χ1n) is 5.08. The maximum atomic E-state index is 11.0. The second kappa shape index (κ2) is 5.49. The van der Waals surface area contributed by atoms with E-state index in [0.717, 1.165) is 0 Å². The molecule has 1 aromatic carbocycles. The molecule has 2 rings (SSSR count). The fourth-order valence-electron chi connectivity index (χ4n) is 1.34. The van der Waals surface area contributed by atoms with Crippen molar-refractivity contribution in [2.75, 3.05) is 7.11 Å². The minimum absolute atomic E-state index is 0.0300. The van der Waals surface area contributed by atoms with Crippen LogP contribution in [-0.4, -0.2) is 22.0 Å². The van der Waals surface area contributed by atoms with Gasteiger partial charge in [-0.3, -0.25) is 15.1 Å². The molecular formula is C11H8ClN3O4. The van der Waals surface area contributed by atoms with Crippen LogP contribution in [0.15, 0.2) is 30.6 Å². The second-order valence-corrected chi connectivity index (χ2v) is 3.76. The van der Waals surface area contributed by atoms with Gasteiger partial charge in [-0.25, -0.2) is 0 Å². The average Bonchev–Trinajstić information content (AvgIpc) is 2.39. The van der Waals surface area contributed by atoms with Crippen molar-refractivity contribution in [3.63, 3.8) is 0 Å². The summed E-state index contributed by atoms with van der Waals surface area (Å²) in [6.45, 7) is 0. The van der Waals surface area contributed by atoms with Gasteiger partial charge in [0.15, 0.2) is 5.15 Å². The molecule has 0 bridgehead atoms. The van der Waals surface area contributed by atoms with Gasteiger partial charge in [-0.15, -0.1) is 0 Å². The molecular weight excluding hydrogens is 274 g/mol. The van der Waals surface area contributed by atoms with Crippen LogP contribution in [0.5, 0.6) is 17.4 Å². The van der Waals surface area contributed by atoms with Gasteiger partial charge < -0.3 is 9.47 Å². The predicted octanol–water partition coefficient (Wildman–Crippen LogP) is 2.84. The van der Waals surface area contributed by atoms with Crippen LogP contribution in [0.3, 0.4) is 0 Å². The molecule has 0 saturated carbocycles. The number of ether oxygens (including phenoxy) is 2. The Hall–Kier alpha value is -2.41. The summed E-state index contributed by atoms with van der Waals surface area (Å²) in [5.74, 6) is 0.458. The average molecular weight is 282 g/mol. The SMILES string of the molecule is COc1ccc(Oc2cncc(Cl)n2)c([N+](=O)[O-])c1. The van der Waals surface area contributed by atoms with Crippen molar-refractivity contribution in [2.24, 2.45) is 0 Å². The predicted molar refractivity (Wildman–Crippen MR) is 66.8 cm³/mol. The quantitative estimate of drug-likeness (QED) is 0.632. The Balaban J connectivity index is 2.36. The molecule has 0 fully saturated rings. The number of aromatic nitrogens is 2. The van der Waals surface area contributed by atoms with Crippen molar-refractivity contribution in [3.05, 3.63) is 45.9 Å². The lowest BCUT2D eigenvalue weighted by Gasteiger charge is -2.06. The van der Waals surface area contributed by atoms with Gasteiger partial charge in [0.05, 0.1) is 30.5 Å². The maximum absolute atomic E-state index is 11.0. The number of methoxy groups -OCH3 is 1. The largest absolute Gasteiger partial charge is 0.496 e. The Bertz CT molecular complexity index is 621. The third kappa shape index (κ3) is 3.08.